The average Bonchev–Trinajstić information content (AvgIpc) is 3.26. The Balaban J connectivity index is 1.70. The van der Waals surface area contributed by atoms with Crippen molar-refractivity contribution in [3.63, 3.8) is 0 Å². The first-order chi connectivity index (χ1) is 10.1. The zero-order valence-electron chi connectivity index (χ0n) is 12.0. The van der Waals surface area contributed by atoms with Crippen LogP contribution in [0.1, 0.15) is 17.9 Å². The van der Waals surface area contributed by atoms with Crippen molar-refractivity contribution in [1.82, 2.24) is 10.6 Å². The highest BCUT2D eigenvalue weighted by Gasteiger charge is 2.43. The lowest BCUT2D eigenvalue weighted by Gasteiger charge is -2.07. The van der Waals surface area contributed by atoms with Crippen LogP contribution in [0.2, 0.25) is 10.0 Å². The van der Waals surface area contributed by atoms with Crippen molar-refractivity contribution < 1.29 is 9.53 Å². The molecule has 6 heteroatoms. The minimum atomic E-state index is 0.0567. The molecule has 1 aliphatic carbocycles. The highest BCUT2D eigenvalue weighted by molar-refractivity contribution is 6.42. The van der Waals surface area contributed by atoms with Crippen molar-refractivity contribution in [1.29, 1.82) is 0 Å². The fourth-order valence-corrected chi connectivity index (χ4v) is 2.61. The number of amides is 1. The van der Waals surface area contributed by atoms with E-state index in [1.165, 1.54) is 0 Å². The topological polar surface area (TPSA) is 50.4 Å². The highest BCUT2D eigenvalue weighted by atomic mass is 35.5. The molecule has 1 aliphatic rings. The van der Waals surface area contributed by atoms with E-state index in [-0.39, 0.29) is 17.7 Å². The lowest BCUT2D eigenvalue weighted by atomic mass is 10.1. The number of nitrogens with one attached hydrogen (secondary N) is 2. The minimum Gasteiger partial charge on any atom is -0.383 e. The van der Waals surface area contributed by atoms with E-state index in [2.05, 4.69) is 10.6 Å². The van der Waals surface area contributed by atoms with Gasteiger partial charge in [-0.05, 0) is 30.0 Å². The largest absolute Gasteiger partial charge is 0.383 e. The summed E-state index contributed by atoms with van der Waals surface area (Å²) in [5.41, 5.74) is 1.09. The molecule has 1 saturated carbocycles. The number of rotatable bonds is 8. The molecule has 1 aromatic rings. The van der Waals surface area contributed by atoms with Gasteiger partial charge in [0.2, 0.25) is 5.91 Å². The van der Waals surface area contributed by atoms with Gasteiger partial charge in [0, 0.05) is 32.7 Å². The van der Waals surface area contributed by atoms with E-state index in [9.17, 15) is 4.79 Å². The molecule has 1 amide bonds. The number of methoxy groups -OCH3 is 1. The van der Waals surface area contributed by atoms with Gasteiger partial charge in [-0.25, -0.2) is 0 Å². The van der Waals surface area contributed by atoms with Crippen LogP contribution in [-0.2, 0) is 9.53 Å². The van der Waals surface area contributed by atoms with Gasteiger partial charge in [-0.1, -0.05) is 29.3 Å². The summed E-state index contributed by atoms with van der Waals surface area (Å²) in [6.45, 7) is 2.85. The van der Waals surface area contributed by atoms with E-state index in [1.807, 2.05) is 12.1 Å². The normalized spacial score (nSPS) is 20.3. The van der Waals surface area contributed by atoms with Crippen LogP contribution >= 0.6 is 23.2 Å². The maximum absolute atomic E-state index is 12.0. The Labute approximate surface area is 135 Å². The van der Waals surface area contributed by atoms with Crippen molar-refractivity contribution in [3.8, 4) is 0 Å². The van der Waals surface area contributed by atoms with Crippen LogP contribution < -0.4 is 10.6 Å². The van der Waals surface area contributed by atoms with Crippen LogP contribution in [0.4, 0.5) is 0 Å². The number of carbonyl (C=O) groups excluding carboxylic acids is 1. The molecule has 0 aliphatic heterocycles. The van der Waals surface area contributed by atoms with Gasteiger partial charge in [-0.2, -0.15) is 0 Å². The first-order valence-corrected chi connectivity index (χ1v) is 7.81. The third kappa shape index (κ3) is 4.85. The summed E-state index contributed by atoms with van der Waals surface area (Å²) in [5.74, 6) is 0.432. The lowest BCUT2D eigenvalue weighted by molar-refractivity contribution is -0.122. The summed E-state index contributed by atoms with van der Waals surface area (Å²) in [6, 6.07) is 5.58. The van der Waals surface area contributed by atoms with Crippen LogP contribution in [0.3, 0.4) is 0 Å². The first-order valence-electron chi connectivity index (χ1n) is 7.05. The molecule has 0 heterocycles. The van der Waals surface area contributed by atoms with Crippen LogP contribution in [0.15, 0.2) is 18.2 Å². The predicted molar refractivity (Wildman–Crippen MR) is 85.1 cm³/mol. The fraction of sp³-hybridized carbons (Fsp3) is 0.533. The van der Waals surface area contributed by atoms with E-state index in [4.69, 9.17) is 27.9 Å². The van der Waals surface area contributed by atoms with Gasteiger partial charge in [-0.3, -0.25) is 4.79 Å². The van der Waals surface area contributed by atoms with Gasteiger partial charge in [0.25, 0.3) is 0 Å². The van der Waals surface area contributed by atoms with Gasteiger partial charge in [0.15, 0.2) is 0 Å². The summed E-state index contributed by atoms with van der Waals surface area (Å²) >= 11 is 11.9. The van der Waals surface area contributed by atoms with Crippen LogP contribution in [0, 0.1) is 5.92 Å². The summed E-state index contributed by atoms with van der Waals surface area (Å²) in [7, 11) is 1.67. The van der Waals surface area contributed by atoms with Crippen LogP contribution in [0.5, 0.6) is 0 Å². The Bertz CT molecular complexity index is 497. The number of benzene rings is 1. The summed E-state index contributed by atoms with van der Waals surface area (Å²) in [5, 5.41) is 7.22. The Hall–Kier alpha value is -0.810. The molecule has 2 rings (SSSR count). The van der Waals surface area contributed by atoms with Crippen molar-refractivity contribution >= 4 is 29.1 Å². The number of halogens is 2. The molecule has 0 saturated heterocycles. The molecule has 0 radical (unpaired) electrons. The van der Waals surface area contributed by atoms with E-state index in [1.54, 1.807) is 13.2 Å². The Morgan fingerprint density at radius 1 is 1.29 bits per heavy atom. The van der Waals surface area contributed by atoms with E-state index >= 15 is 0 Å². The molecule has 2 atom stereocenters. The highest BCUT2D eigenvalue weighted by Crippen LogP contribution is 2.48. The predicted octanol–water partition coefficient (Wildman–Crippen LogP) is 2.45. The van der Waals surface area contributed by atoms with Gasteiger partial charge in [-0.15, -0.1) is 0 Å². The zero-order valence-corrected chi connectivity index (χ0v) is 13.5. The molecule has 0 spiro atoms. The second-order valence-electron chi connectivity index (χ2n) is 5.16. The molecule has 2 unspecified atom stereocenters. The standard InChI is InChI=1S/C15H20Cl2N2O2/c1-21-7-6-18-4-5-19-15(20)12-9-11(12)10-2-3-13(16)14(17)8-10/h2-3,8,11-12,18H,4-7,9H2,1H3,(H,19,20). The summed E-state index contributed by atoms with van der Waals surface area (Å²) < 4.78 is 4.93. The van der Waals surface area contributed by atoms with Crippen molar-refractivity contribution in [2.24, 2.45) is 5.92 Å². The third-order valence-corrected chi connectivity index (χ3v) is 4.32. The smallest absolute Gasteiger partial charge is 0.223 e. The average molecular weight is 331 g/mol. The quantitative estimate of drug-likeness (QED) is 0.720. The Kier molecular flexibility index (Phi) is 6.30. The van der Waals surface area contributed by atoms with Crippen molar-refractivity contribution in [2.75, 3.05) is 33.4 Å². The number of carbonyl (C=O) groups is 1. The van der Waals surface area contributed by atoms with E-state index in [0.717, 1.165) is 25.1 Å². The molecule has 2 N–H and O–H groups in total. The third-order valence-electron chi connectivity index (χ3n) is 3.58. The number of ether oxygens (including phenoxy) is 1. The molecule has 1 aromatic carbocycles. The Morgan fingerprint density at radius 2 is 2.10 bits per heavy atom. The van der Waals surface area contributed by atoms with Crippen molar-refractivity contribution in [3.05, 3.63) is 33.8 Å². The summed E-state index contributed by atoms with van der Waals surface area (Å²) in [6.07, 6.45) is 0.876. The van der Waals surface area contributed by atoms with E-state index in [0.29, 0.717) is 23.2 Å². The first kappa shape index (κ1) is 16.6. The number of hydrogen-bond donors (Lipinski definition) is 2. The van der Waals surface area contributed by atoms with Crippen LogP contribution in [-0.4, -0.2) is 39.3 Å². The zero-order chi connectivity index (χ0) is 15.2. The molecular weight excluding hydrogens is 311 g/mol. The summed E-state index contributed by atoms with van der Waals surface area (Å²) in [4.78, 5) is 12.0. The molecule has 116 valence electrons. The SMILES string of the molecule is COCCNCCNC(=O)C1CC1c1ccc(Cl)c(Cl)c1. The Morgan fingerprint density at radius 3 is 2.81 bits per heavy atom. The molecular formula is C15H20Cl2N2O2. The fourth-order valence-electron chi connectivity index (χ4n) is 2.30. The monoisotopic (exact) mass is 330 g/mol. The second-order valence-corrected chi connectivity index (χ2v) is 5.97. The van der Waals surface area contributed by atoms with Crippen molar-refractivity contribution in [2.45, 2.75) is 12.3 Å². The second kappa shape index (κ2) is 7.99. The molecule has 1 fully saturated rings. The van der Waals surface area contributed by atoms with E-state index < -0.39 is 0 Å². The number of hydrogen-bond acceptors (Lipinski definition) is 3. The maximum Gasteiger partial charge on any atom is 0.223 e. The molecule has 0 aromatic heterocycles. The van der Waals surface area contributed by atoms with Gasteiger partial charge in [0.1, 0.15) is 0 Å². The maximum atomic E-state index is 12.0. The van der Waals surface area contributed by atoms with Crippen LogP contribution in [0.25, 0.3) is 0 Å². The minimum absolute atomic E-state index is 0.0567. The van der Waals surface area contributed by atoms with Gasteiger partial charge >= 0.3 is 0 Å². The molecule has 0 bridgehead atoms. The van der Waals surface area contributed by atoms with Gasteiger partial charge in [0.05, 0.1) is 16.7 Å². The molecule has 21 heavy (non-hydrogen) atoms. The molecule has 4 nitrogen and oxygen atoms in total. The van der Waals surface area contributed by atoms with Gasteiger partial charge < -0.3 is 15.4 Å². The lowest BCUT2D eigenvalue weighted by Crippen LogP contribution is -2.34.